The number of fused-ring (bicyclic) bond motifs is 3. The number of carbonyl (C=O) groups is 1. The number of benzene rings is 1. The quantitative estimate of drug-likeness (QED) is 0.515. The van der Waals surface area contributed by atoms with E-state index in [2.05, 4.69) is 20.3 Å². The van der Waals surface area contributed by atoms with Crippen LogP contribution in [0, 0.1) is 0 Å². The normalized spacial score (nSPS) is 11.1. The van der Waals surface area contributed by atoms with Gasteiger partial charge in [-0.25, -0.2) is 9.78 Å². The third kappa shape index (κ3) is 2.88. The van der Waals surface area contributed by atoms with Crippen LogP contribution in [0.4, 0.5) is 5.82 Å². The predicted octanol–water partition coefficient (Wildman–Crippen LogP) is 4.07. The highest BCUT2D eigenvalue weighted by atomic mass is 35.5. The third-order valence-electron chi connectivity index (χ3n) is 3.97. The standard InChI is InChI=1S/C18H13ClN4O2/c19-11-3-1-2-10(6-11)8-21-16-14-9-20-5-4-12(14)13-7-15(18(24)25)22-17(13)23-16/h1-7,9H,8H2,(H,24,25)(H2,21,22,23). The van der Waals surface area contributed by atoms with Crippen molar-refractivity contribution in [2.45, 2.75) is 6.54 Å². The molecular formula is C18H13ClN4O2. The Morgan fingerprint density at radius 3 is 2.88 bits per heavy atom. The van der Waals surface area contributed by atoms with Gasteiger partial charge >= 0.3 is 5.97 Å². The van der Waals surface area contributed by atoms with Gasteiger partial charge in [0, 0.05) is 34.7 Å². The number of H-pyrrole nitrogens is 1. The van der Waals surface area contributed by atoms with Crippen molar-refractivity contribution in [2.24, 2.45) is 0 Å². The van der Waals surface area contributed by atoms with E-state index in [0.717, 1.165) is 21.7 Å². The van der Waals surface area contributed by atoms with E-state index in [1.807, 2.05) is 30.3 Å². The van der Waals surface area contributed by atoms with E-state index in [4.69, 9.17) is 11.6 Å². The maximum atomic E-state index is 11.2. The van der Waals surface area contributed by atoms with Crippen LogP contribution in [0.3, 0.4) is 0 Å². The molecule has 7 heteroatoms. The number of nitrogens with zero attached hydrogens (tertiary/aromatic N) is 2. The van der Waals surface area contributed by atoms with Crippen LogP contribution in [0.1, 0.15) is 16.1 Å². The summed E-state index contributed by atoms with van der Waals surface area (Å²) >= 11 is 6.02. The Bertz CT molecular complexity index is 1110. The van der Waals surface area contributed by atoms with Crippen molar-refractivity contribution in [3.8, 4) is 0 Å². The molecule has 3 N–H and O–H groups in total. The van der Waals surface area contributed by atoms with Crippen molar-refractivity contribution in [2.75, 3.05) is 5.32 Å². The molecule has 4 aromatic rings. The number of carboxylic acid groups (broad SMARTS) is 1. The molecule has 6 nitrogen and oxygen atoms in total. The fourth-order valence-corrected chi connectivity index (χ4v) is 3.02. The first-order valence-electron chi connectivity index (χ1n) is 7.60. The summed E-state index contributed by atoms with van der Waals surface area (Å²) < 4.78 is 0. The van der Waals surface area contributed by atoms with Crippen molar-refractivity contribution in [1.29, 1.82) is 0 Å². The number of pyridine rings is 2. The minimum absolute atomic E-state index is 0.104. The number of rotatable bonds is 4. The Morgan fingerprint density at radius 1 is 1.20 bits per heavy atom. The number of nitrogens with one attached hydrogen (secondary N) is 2. The lowest BCUT2D eigenvalue weighted by atomic mass is 10.1. The fourth-order valence-electron chi connectivity index (χ4n) is 2.81. The van der Waals surface area contributed by atoms with Crippen LogP contribution in [0.15, 0.2) is 48.8 Å². The van der Waals surface area contributed by atoms with Crippen LogP contribution < -0.4 is 5.32 Å². The molecule has 0 radical (unpaired) electrons. The van der Waals surface area contributed by atoms with Crippen molar-refractivity contribution < 1.29 is 9.90 Å². The van der Waals surface area contributed by atoms with E-state index >= 15 is 0 Å². The SMILES string of the molecule is O=C(O)c1cc2c(nc(NCc3cccc(Cl)c3)c3cnccc32)[nH]1. The third-order valence-corrected chi connectivity index (χ3v) is 4.20. The molecular weight excluding hydrogens is 340 g/mol. The summed E-state index contributed by atoms with van der Waals surface area (Å²) in [6, 6.07) is 11.0. The first-order chi connectivity index (χ1) is 12.1. The largest absolute Gasteiger partial charge is 0.477 e. The predicted molar refractivity (Wildman–Crippen MR) is 97.1 cm³/mol. The van der Waals surface area contributed by atoms with Gasteiger partial charge < -0.3 is 15.4 Å². The van der Waals surface area contributed by atoms with Crippen molar-refractivity contribution in [3.05, 3.63) is 65.1 Å². The highest BCUT2D eigenvalue weighted by Crippen LogP contribution is 2.29. The molecule has 4 rings (SSSR count). The minimum Gasteiger partial charge on any atom is -0.477 e. The highest BCUT2D eigenvalue weighted by Gasteiger charge is 2.14. The summed E-state index contributed by atoms with van der Waals surface area (Å²) in [4.78, 5) is 22.8. The molecule has 0 fully saturated rings. The number of aromatic amines is 1. The summed E-state index contributed by atoms with van der Waals surface area (Å²) in [5, 5.41) is 15.6. The molecule has 0 saturated heterocycles. The number of aromatic nitrogens is 3. The van der Waals surface area contributed by atoms with Gasteiger partial charge in [0.2, 0.25) is 0 Å². The van der Waals surface area contributed by atoms with Crippen molar-refractivity contribution >= 4 is 45.2 Å². The molecule has 0 atom stereocenters. The average molecular weight is 353 g/mol. The number of halogens is 1. The lowest BCUT2D eigenvalue weighted by Crippen LogP contribution is -2.02. The van der Waals surface area contributed by atoms with E-state index in [0.29, 0.717) is 23.0 Å². The van der Waals surface area contributed by atoms with Gasteiger partial charge in [0.15, 0.2) is 0 Å². The number of aromatic carboxylic acids is 1. The fraction of sp³-hybridized carbons (Fsp3) is 0.0556. The van der Waals surface area contributed by atoms with Crippen molar-refractivity contribution in [1.82, 2.24) is 15.0 Å². The van der Waals surface area contributed by atoms with E-state index < -0.39 is 5.97 Å². The first-order valence-corrected chi connectivity index (χ1v) is 7.97. The number of hydrogen-bond donors (Lipinski definition) is 3. The zero-order chi connectivity index (χ0) is 17.4. The van der Waals surface area contributed by atoms with Gasteiger partial charge in [-0.15, -0.1) is 0 Å². The van der Waals surface area contributed by atoms with Crippen LogP contribution in [0.2, 0.25) is 5.02 Å². The monoisotopic (exact) mass is 352 g/mol. The minimum atomic E-state index is -1.02. The van der Waals surface area contributed by atoms with Crippen LogP contribution in [0.5, 0.6) is 0 Å². The number of hydrogen-bond acceptors (Lipinski definition) is 4. The van der Waals surface area contributed by atoms with E-state index in [1.54, 1.807) is 18.5 Å². The smallest absolute Gasteiger partial charge is 0.352 e. The molecule has 0 spiro atoms. The van der Waals surface area contributed by atoms with E-state index in [-0.39, 0.29) is 5.69 Å². The van der Waals surface area contributed by atoms with Gasteiger partial charge in [0.05, 0.1) is 0 Å². The molecule has 0 saturated carbocycles. The first kappa shape index (κ1) is 15.4. The molecule has 0 unspecified atom stereocenters. The molecule has 0 aliphatic heterocycles. The topological polar surface area (TPSA) is 90.9 Å². The Labute approximate surface area is 147 Å². The summed E-state index contributed by atoms with van der Waals surface area (Å²) in [6.45, 7) is 0.537. The molecule has 0 aliphatic rings. The molecule has 1 aromatic carbocycles. The summed E-state index contributed by atoms with van der Waals surface area (Å²) in [5.41, 5.74) is 1.64. The summed E-state index contributed by atoms with van der Waals surface area (Å²) in [7, 11) is 0. The lowest BCUT2D eigenvalue weighted by Gasteiger charge is -2.10. The van der Waals surface area contributed by atoms with Gasteiger partial charge in [-0.05, 0) is 35.2 Å². The zero-order valence-electron chi connectivity index (χ0n) is 13.0. The molecule has 0 amide bonds. The molecule has 0 aliphatic carbocycles. The second kappa shape index (κ2) is 6.07. The molecule has 3 heterocycles. The van der Waals surface area contributed by atoms with Crippen LogP contribution in [0.25, 0.3) is 21.8 Å². The lowest BCUT2D eigenvalue weighted by molar-refractivity contribution is 0.0691. The van der Waals surface area contributed by atoms with Gasteiger partial charge in [0.1, 0.15) is 17.2 Å². The van der Waals surface area contributed by atoms with Gasteiger partial charge in [0.25, 0.3) is 0 Å². The summed E-state index contributed by atoms with van der Waals surface area (Å²) in [6.07, 6.45) is 3.39. The second-order valence-corrected chi connectivity index (χ2v) is 6.05. The Balaban J connectivity index is 1.80. The number of carboxylic acids is 1. The Hall–Kier alpha value is -3.12. The van der Waals surface area contributed by atoms with Crippen LogP contribution in [-0.4, -0.2) is 26.0 Å². The summed E-state index contributed by atoms with van der Waals surface area (Å²) in [5.74, 6) is -0.386. The average Bonchev–Trinajstić information content (AvgIpc) is 3.04. The van der Waals surface area contributed by atoms with Gasteiger partial charge in [-0.2, -0.15) is 0 Å². The van der Waals surface area contributed by atoms with Crippen LogP contribution in [-0.2, 0) is 6.54 Å². The highest BCUT2D eigenvalue weighted by molar-refractivity contribution is 6.30. The van der Waals surface area contributed by atoms with Crippen LogP contribution >= 0.6 is 11.6 Å². The molecule has 25 heavy (non-hydrogen) atoms. The maximum Gasteiger partial charge on any atom is 0.352 e. The molecule has 0 bridgehead atoms. The van der Waals surface area contributed by atoms with Gasteiger partial charge in [-0.3, -0.25) is 4.98 Å². The van der Waals surface area contributed by atoms with Gasteiger partial charge in [-0.1, -0.05) is 23.7 Å². The second-order valence-electron chi connectivity index (χ2n) is 5.62. The molecule has 124 valence electrons. The van der Waals surface area contributed by atoms with Crippen molar-refractivity contribution in [3.63, 3.8) is 0 Å². The zero-order valence-corrected chi connectivity index (χ0v) is 13.7. The Kier molecular flexibility index (Phi) is 3.74. The maximum absolute atomic E-state index is 11.2. The number of anilines is 1. The Morgan fingerprint density at radius 2 is 2.08 bits per heavy atom. The molecule has 3 aromatic heterocycles. The van der Waals surface area contributed by atoms with E-state index in [9.17, 15) is 9.90 Å². The van der Waals surface area contributed by atoms with E-state index in [1.165, 1.54) is 0 Å².